The topological polar surface area (TPSA) is 121 Å². The molecule has 0 spiro atoms. The number of rotatable bonds is 10. The molecule has 0 unspecified atom stereocenters. The summed E-state index contributed by atoms with van der Waals surface area (Å²) in [7, 11) is 4.87. The summed E-state index contributed by atoms with van der Waals surface area (Å²) in [4.78, 5) is 38.4. The first-order chi connectivity index (χ1) is 16.8. The van der Waals surface area contributed by atoms with E-state index < -0.39 is 11.7 Å². The molecule has 0 fully saturated rings. The van der Waals surface area contributed by atoms with Crippen molar-refractivity contribution in [3.8, 4) is 0 Å². The SMILES string of the molecule is Cc1ncc(C[n+]2csc(CCSSCCOC(=O)c3ncn4c(=O)n(C)nnc34)c2C)c(C)n1. The highest BCUT2D eigenvalue weighted by Gasteiger charge is 2.19. The number of fused-ring (bicyclic) bond motifs is 1. The van der Waals surface area contributed by atoms with E-state index in [2.05, 4.69) is 42.3 Å². The number of carbonyl (C=O) groups excluding carboxylic acids is 1. The number of carbonyl (C=O) groups is 1. The second kappa shape index (κ2) is 11.3. The van der Waals surface area contributed by atoms with Crippen LogP contribution in [-0.4, -0.2) is 58.4 Å². The van der Waals surface area contributed by atoms with Crippen LogP contribution in [0.5, 0.6) is 0 Å². The maximum atomic E-state index is 12.3. The zero-order valence-corrected chi connectivity index (χ0v) is 22.2. The molecule has 0 aromatic carbocycles. The maximum Gasteiger partial charge on any atom is 0.361 e. The van der Waals surface area contributed by atoms with Gasteiger partial charge < -0.3 is 4.74 Å². The summed E-state index contributed by atoms with van der Waals surface area (Å²) in [6.45, 7) is 7.08. The molecular formula is C21H25N8O3S3+. The van der Waals surface area contributed by atoms with E-state index in [1.165, 1.54) is 28.3 Å². The fourth-order valence-electron chi connectivity index (χ4n) is 3.31. The predicted octanol–water partition coefficient (Wildman–Crippen LogP) is 1.72. The Balaban J connectivity index is 1.18. The summed E-state index contributed by atoms with van der Waals surface area (Å²) < 4.78 is 9.77. The third-order valence-electron chi connectivity index (χ3n) is 5.29. The van der Waals surface area contributed by atoms with Gasteiger partial charge in [-0.1, -0.05) is 38.1 Å². The van der Waals surface area contributed by atoms with Crippen molar-refractivity contribution in [2.75, 3.05) is 18.1 Å². The van der Waals surface area contributed by atoms with E-state index >= 15 is 0 Å². The molecule has 11 nitrogen and oxygen atoms in total. The largest absolute Gasteiger partial charge is 0.460 e. The lowest BCUT2D eigenvalue weighted by molar-refractivity contribution is -0.689. The van der Waals surface area contributed by atoms with Gasteiger partial charge in [-0.15, -0.1) is 5.10 Å². The Morgan fingerprint density at radius 3 is 2.80 bits per heavy atom. The first-order valence-electron chi connectivity index (χ1n) is 10.8. The molecule has 0 N–H and O–H groups in total. The fourth-order valence-corrected chi connectivity index (χ4v) is 6.27. The molecule has 0 aliphatic carbocycles. The van der Waals surface area contributed by atoms with Gasteiger partial charge in [-0.05, 0) is 20.3 Å². The number of hydrogen-bond donors (Lipinski definition) is 0. The van der Waals surface area contributed by atoms with Crippen molar-refractivity contribution >= 4 is 44.5 Å². The Kier molecular flexibility index (Phi) is 8.13. The molecule has 0 radical (unpaired) electrons. The van der Waals surface area contributed by atoms with Crippen LogP contribution in [0.2, 0.25) is 0 Å². The molecule has 0 amide bonds. The van der Waals surface area contributed by atoms with Crippen LogP contribution in [0.4, 0.5) is 0 Å². The molecule has 0 aliphatic heterocycles. The highest BCUT2D eigenvalue weighted by molar-refractivity contribution is 8.76. The zero-order valence-electron chi connectivity index (χ0n) is 19.8. The van der Waals surface area contributed by atoms with Gasteiger partial charge in [0.1, 0.15) is 18.8 Å². The normalized spacial score (nSPS) is 11.3. The van der Waals surface area contributed by atoms with Crippen molar-refractivity contribution in [2.24, 2.45) is 7.05 Å². The van der Waals surface area contributed by atoms with E-state index in [-0.39, 0.29) is 17.9 Å². The molecule has 184 valence electrons. The molecule has 4 aromatic heterocycles. The van der Waals surface area contributed by atoms with Crippen LogP contribution in [0.1, 0.15) is 38.1 Å². The third kappa shape index (κ3) is 5.87. The Labute approximate surface area is 213 Å². The van der Waals surface area contributed by atoms with Crippen LogP contribution in [0.25, 0.3) is 5.65 Å². The highest BCUT2D eigenvalue weighted by atomic mass is 33.1. The predicted molar refractivity (Wildman–Crippen MR) is 135 cm³/mol. The molecule has 0 saturated carbocycles. The van der Waals surface area contributed by atoms with Crippen LogP contribution >= 0.6 is 32.9 Å². The van der Waals surface area contributed by atoms with E-state index in [1.54, 1.807) is 32.9 Å². The fraction of sp³-hybridized carbons (Fsp3) is 0.429. The van der Waals surface area contributed by atoms with Gasteiger partial charge in [-0.25, -0.2) is 28.9 Å². The summed E-state index contributed by atoms with van der Waals surface area (Å²) in [6.07, 6.45) is 4.13. The van der Waals surface area contributed by atoms with Gasteiger partial charge in [0.15, 0.2) is 23.6 Å². The summed E-state index contributed by atoms with van der Waals surface area (Å²) >= 11 is 1.76. The molecule has 0 bridgehead atoms. The average Bonchev–Trinajstić information content (AvgIpc) is 3.42. The Morgan fingerprint density at radius 2 is 2.00 bits per heavy atom. The van der Waals surface area contributed by atoms with Gasteiger partial charge >= 0.3 is 11.7 Å². The summed E-state index contributed by atoms with van der Waals surface area (Å²) in [5.74, 6) is 1.77. The Bertz CT molecular complexity index is 1410. The number of aromatic nitrogens is 8. The molecule has 0 saturated heterocycles. The van der Waals surface area contributed by atoms with Gasteiger partial charge in [-0.2, -0.15) is 9.25 Å². The minimum atomic E-state index is -0.617. The van der Waals surface area contributed by atoms with E-state index in [0.29, 0.717) is 5.75 Å². The maximum absolute atomic E-state index is 12.3. The molecular weight excluding hydrogens is 508 g/mol. The minimum absolute atomic E-state index is 0.0123. The van der Waals surface area contributed by atoms with E-state index in [0.717, 1.165) is 40.5 Å². The number of imidazole rings is 1. The number of nitrogens with zero attached hydrogens (tertiary/aromatic N) is 8. The number of thiazole rings is 1. The van der Waals surface area contributed by atoms with Gasteiger partial charge in [0.25, 0.3) is 0 Å². The van der Waals surface area contributed by atoms with E-state index in [4.69, 9.17) is 4.74 Å². The lowest BCUT2D eigenvalue weighted by Crippen LogP contribution is -2.35. The van der Waals surface area contributed by atoms with Crippen molar-refractivity contribution < 1.29 is 14.1 Å². The van der Waals surface area contributed by atoms with Gasteiger partial charge in [0, 0.05) is 31.7 Å². The van der Waals surface area contributed by atoms with Crippen LogP contribution in [0.3, 0.4) is 0 Å². The number of ether oxygens (including phenoxy) is 1. The smallest absolute Gasteiger partial charge is 0.361 e. The van der Waals surface area contributed by atoms with Crippen molar-refractivity contribution in [1.82, 2.24) is 34.3 Å². The highest BCUT2D eigenvalue weighted by Crippen LogP contribution is 2.24. The number of aryl methyl sites for hydroxylation is 4. The molecule has 35 heavy (non-hydrogen) atoms. The molecule has 4 heterocycles. The second-order valence-electron chi connectivity index (χ2n) is 7.70. The quantitative estimate of drug-likeness (QED) is 0.129. The van der Waals surface area contributed by atoms with Gasteiger partial charge in [-0.3, -0.25) is 0 Å². The molecule has 4 rings (SSSR count). The summed E-state index contributed by atoms with van der Waals surface area (Å²) in [5.41, 5.74) is 5.21. The van der Waals surface area contributed by atoms with Crippen LogP contribution < -0.4 is 10.3 Å². The lowest BCUT2D eigenvalue weighted by atomic mass is 10.2. The second-order valence-corrected chi connectivity index (χ2v) is 11.3. The standard InChI is InChI=1S/C21H25N8O3S3/c1-13-16(9-22-15(3)24-13)10-28-12-33-17(14(28)2)5-7-34-35-8-6-32-20(30)18-19-25-26-27(4)21(31)29(19)11-23-18/h9,11-12H,5-8,10H2,1-4H3/q+1. The summed E-state index contributed by atoms with van der Waals surface area (Å²) in [5, 5.41) is 7.54. The third-order valence-corrected chi connectivity index (χ3v) is 8.80. The Morgan fingerprint density at radius 1 is 1.20 bits per heavy atom. The average molecular weight is 534 g/mol. The first kappa shape index (κ1) is 25.3. The van der Waals surface area contributed by atoms with Crippen molar-refractivity contribution in [3.05, 3.63) is 61.9 Å². The Hall–Kier alpha value is -2.84. The van der Waals surface area contributed by atoms with Crippen molar-refractivity contribution in [1.29, 1.82) is 0 Å². The van der Waals surface area contributed by atoms with E-state index in [1.807, 2.05) is 20.0 Å². The van der Waals surface area contributed by atoms with Gasteiger partial charge in [0.2, 0.25) is 5.51 Å². The number of hydrogen-bond acceptors (Lipinski definition) is 11. The minimum Gasteiger partial charge on any atom is -0.460 e. The molecule has 0 aliphatic rings. The van der Waals surface area contributed by atoms with Gasteiger partial charge in [0.05, 0.1) is 16.1 Å². The van der Waals surface area contributed by atoms with Crippen LogP contribution in [0, 0.1) is 20.8 Å². The molecule has 4 aromatic rings. The summed E-state index contributed by atoms with van der Waals surface area (Å²) in [6, 6.07) is 0. The van der Waals surface area contributed by atoms with Crippen LogP contribution in [-0.2, 0) is 24.8 Å². The van der Waals surface area contributed by atoms with Crippen LogP contribution in [0.15, 0.2) is 22.8 Å². The molecule has 14 heteroatoms. The number of esters is 1. The zero-order chi connectivity index (χ0) is 24.9. The first-order valence-corrected chi connectivity index (χ1v) is 14.2. The lowest BCUT2D eigenvalue weighted by Gasteiger charge is -2.03. The van der Waals surface area contributed by atoms with Crippen molar-refractivity contribution in [3.63, 3.8) is 0 Å². The van der Waals surface area contributed by atoms with E-state index in [9.17, 15) is 9.59 Å². The molecule has 0 atom stereocenters. The van der Waals surface area contributed by atoms with Crippen molar-refractivity contribution in [2.45, 2.75) is 33.7 Å². The monoisotopic (exact) mass is 533 g/mol.